The number of nitrogens with two attached hydrogens (primary N) is 1. The number of piperidine rings is 1. The Morgan fingerprint density at radius 2 is 2.14 bits per heavy atom. The highest BCUT2D eigenvalue weighted by atomic mass is 35.5. The number of carbonyl (C=O) groups is 2. The van der Waals surface area contributed by atoms with E-state index in [2.05, 4.69) is 5.32 Å². The lowest BCUT2D eigenvalue weighted by Crippen LogP contribution is -2.47. The first-order valence-electron chi connectivity index (χ1n) is 7.01. The van der Waals surface area contributed by atoms with Crippen molar-refractivity contribution in [3.63, 3.8) is 0 Å². The minimum atomic E-state index is -0.141. The molecule has 0 aromatic rings. The summed E-state index contributed by atoms with van der Waals surface area (Å²) in [4.78, 5) is 25.5. The normalized spacial score (nSPS) is 18.0. The number of hydrogen-bond acceptors (Lipinski definition) is 5. The van der Waals surface area contributed by atoms with Crippen molar-refractivity contribution in [1.29, 1.82) is 0 Å². The maximum Gasteiger partial charge on any atom is 0.248 e. The maximum atomic E-state index is 12.0. The molecule has 21 heavy (non-hydrogen) atoms. The van der Waals surface area contributed by atoms with Gasteiger partial charge in [0.05, 0.1) is 19.1 Å². The molecule has 0 spiro atoms. The third-order valence-corrected chi connectivity index (χ3v) is 3.25. The molecule has 0 radical (unpaired) electrons. The Labute approximate surface area is 131 Å². The minimum absolute atomic E-state index is 0. The molecule has 1 unspecified atom stereocenters. The van der Waals surface area contributed by atoms with Crippen molar-refractivity contribution in [3.8, 4) is 0 Å². The van der Waals surface area contributed by atoms with E-state index in [9.17, 15) is 9.59 Å². The van der Waals surface area contributed by atoms with E-state index in [0.29, 0.717) is 39.4 Å². The first kappa shape index (κ1) is 20.1. The predicted octanol–water partition coefficient (Wildman–Crippen LogP) is -0.615. The highest BCUT2D eigenvalue weighted by Gasteiger charge is 2.27. The number of carbonyl (C=O) groups excluding carboxylic acids is 2. The summed E-state index contributed by atoms with van der Waals surface area (Å²) in [5.41, 5.74) is 5.36. The Hall–Kier alpha value is -0.890. The second kappa shape index (κ2) is 11.7. The quantitative estimate of drug-likeness (QED) is 0.581. The smallest absolute Gasteiger partial charge is 0.248 e. The van der Waals surface area contributed by atoms with E-state index in [0.717, 1.165) is 12.8 Å². The zero-order valence-electron chi connectivity index (χ0n) is 12.5. The molecule has 0 saturated carbocycles. The molecule has 0 aromatic heterocycles. The molecule has 3 N–H and O–H groups in total. The summed E-state index contributed by atoms with van der Waals surface area (Å²) >= 11 is 0. The lowest BCUT2D eigenvalue weighted by atomic mass is 9.97. The molecule has 0 aromatic carbocycles. The monoisotopic (exact) mass is 323 g/mol. The molecule has 8 heteroatoms. The summed E-state index contributed by atoms with van der Waals surface area (Å²) in [6, 6.07) is 0. The fourth-order valence-corrected chi connectivity index (χ4v) is 2.15. The lowest BCUT2D eigenvalue weighted by molar-refractivity contribution is -0.140. The maximum absolute atomic E-state index is 12.0. The van der Waals surface area contributed by atoms with Crippen molar-refractivity contribution in [1.82, 2.24) is 10.2 Å². The van der Waals surface area contributed by atoms with Crippen LogP contribution in [0.25, 0.3) is 0 Å². The van der Waals surface area contributed by atoms with Crippen molar-refractivity contribution in [2.45, 2.75) is 12.8 Å². The number of methoxy groups -OCH3 is 1. The van der Waals surface area contributed by atoms with Crippen LogP contribution in [0.5, 0.6) is 0 Å². The van der Waals surface area contributed by atoms with Gasteiger partial charge in [-0.1, -0.05) is 0 Å². The van der Waals surface area contributed by atoms with Gasteiger partial charge in [-0.2, -0.15) is 0 Å². The molecule has 1 atom stereocenters. The molecular formula is C13H26ClN3O4. The van der Waals surface area contributed by atoms with Crippen molar-refractivity contribution >= 4 is 24.2 Å². The van der Waals surface area contributed by atoms with Gasteiger partial charge >= 0.3 is 0 Å². The average Bonchev–Trinajstić information content (AvgIpc) is 2.49. The molecule has 1 heterocycles. The van der Waals surface area contributed by atoms with E-state index in [1.165, 1.54) is 0 Å². The summed E-state index contributed by atoms with van der Waals surface area (Å²) in [5.74, 6) is -0.232. The molecule has 1 rings (SSSR count). The summed E-state index contributed by atoms with van der Waals surface area (Å²) in [6.07, 6.45) is 1.65. The lowest BCUT2D eigenvalue weighted by Gasteiger charge is -2.32. The Morgan fingerprint density at radius 1 is 1.38 bits per heavy atom. The predicted molar refractivity (Wildman–Crippen MR) is 81.3 cm³/mol. The van der Waals surface area contributed by atoms with E-state index in [1.54, 1.807) is 12.0 Å². The van der Waals surface area contributed by atoms with Gasteiger partial charge in [0, 0.05) is 33.3 Å². The third kappa shape index (κ3) is 7.61. The summed E-state index contributed by atoms with van der Waals surface area (Å²) < 4.78 is 10.1. The van der Waals surface area contributed by atoms with Gasteiger partial charge in [0.1, 0.15) is 6.61 Å². The van der Waals surface area contributed by atoms with Crippen molar-refractivity contribution in [3.05, 3.63) is 0 Å². The van der Waals surface area contributed by atoms with E-state index in [-0.39, 0.29) is 36.7 Å². The van der Waals surface area contributed by atoms with Crippen LogP contribution in [-0.4, -0.2) is 69.8 Å². The van der Waals surface area contributed by atoms with Crippen LogP contribution in [0.15, 0.2) is 0 Å². The number of likely N-dealkylation sites (tertiary alicyclic amines) is 1. The van der Waals surface area contributed by atoms with Gasteiger partial charge in [-0.3, -0.25) is 9.59 Å². The largest absolute Gasteiger partial charge is 0.382 e. The standard InChI is InChI=1S/C13H25N3O4.ClH/c1-19-7-8-20-10-12(17)16-6-2-3-11(9-16)13(18)15-5-4-14;/h11H,2-10,14H2,1H3,(H,15,18);1H. The molecule has 2 amide bonds. The Kier molecular flexibility index (Phi) is 11.2. The van der Waals surface area contributed by atoms with Crippen LogP contribution in [0.4, 0.5) is 0 Å². The first-order valence-corrected chi connectivity index (χ1v) is 7.01. The number of rotatable bonds is 8. The summed E-state index contributed by atoms with van der Waals surface area (Å²) in [6.45, 7) is 2.96. The van der Waals surface area contributed by atoms with Crippen molar-refractivity contribution < 1.29 is 19.1 Å². The minimum Gasteiger partial charge on any atom is -0.382 e. The number of ether oxygens (including phenoxy) is 2. The molecule has 7 nitrogen and oxygen atoms in total. The van der Waals surface area contributed by atoms with Gasteiger partial charge in [0.15, 0.2) is 0 Å². The van der Waals surface area contributed by atoms with Crippen LogP contribution in [0.2, 0.25) is 0 Å². The van der Waals surface area contributed by atoms with Gasteiger partial charge in [-0.25, -0.2) is 0 Å². The van der Waals surface area contributed by atoms with Gasteiger partial charge in [0.25, 0.3) is 0 Å². The van der Waals surface area contributed by atoms with Gasteiger partial charge in [-0.05, 0) is 12.8 Å². The van der Waals surface area contributed by atoms with Crippen LogP contribution < -0.4 is 11.1 Å². The van der Waals surface area contributed by atoms with Gasteiger partial charge < -0.3 is 25.4 Å². The molecule has 0 aliphatic carbocycles. The second-order valence-electron chi connectivity index (χ2n) is 4.80. The van der Waals surface area contributed by atoms with Crippen molar-refractivity contribution in [2.24, 2.45) is 11.7 Å². The van der Waals surface area contributed by atoms with Crippen molar-refractivity contribution in [2.75, 3.05) is 53.1 Å². The number of hydrogen-bond donors (Lipinski definition) is 2. The fourth-order valence-electron chi connectivity index (χ4n) is 2.15. The van der Waals surface area contributed by atoms with Gasteiger partial charge in [-0.15, -0.1) is 12.4 Å². The highest BCUT2D eigenvalue weighted by molar-refractivity contribution is 5.85. The van der Waals surface area contributed by atoms with E-state index < -0.39 is 0 Å². The van der Waals surface area contributed by atoms with Gasteiger partial charge in [0.2, 0.25) is 11.8 Å². The van der Waals surface area contributed by atoms with Crippen LogP contribution in [0, 0.1) is 5.92 Å². The number of nitrogens with zero attached hydrogens (tertiary/aromatic N) is 1. The van der Waals surface area contributed by atoms with Crippen LogP contribution in [0.1, 0.15) is 12.8 Å². The zero-order valence-corrected chi connectivity index (χ0v) is 13.3. The summed E-state index contributed by atoms with van der Waals surface area (Å²) in [5, 5.41) is 2.77. The van der Waals surface area contributed by atoms with Crippen LogP contribution in [-0.2, 0) is 19.1 Å². The van der Waals surface area contributed by atoms with E-state index >= 15 is 0 Å². The van der Waals surface area contributed by atoms with E-state index in [4.69, 9.17) is 15.2 Å². The fraction of sp³-hybridized carbons (Fsp3) is 0.846. The Balaban J connectivity index is 0.00000400. The third-order valence-electron chi connectivity index (χ3n) is 3.25. The second-order valence-corrected chi connectivity index (χ2v) is 4.80. The highest BCUT2D eigenvalue weighted by Crippen LogP contribution is 2.16. The SMILES string of the molecule is COCCOCC(=O)N1CCCC(C(=O)NCCN)C1.Cl. The molecule has 124 valence electrons. The molecule has 0 bridgehead atoms. The molecule has 1 fully saturated rings. The van der Waals surface area contributed by atoms with Crippen LogP contribution >= 0.6 is 12.4 Å². The molecular weight excluding hydrogens is 298 g/mol. The molecule has 1 saturated heterocycles. The topological polar surface area (TPSA) is 93.9 Å². The average molecular weight is 324 g/mol. The number of amides is 2. The molecule has 1 aliphatic heterocycles. The van der Waals surface area contributed by atoms with E-state index in [1.807, 2.05) is 0 Å². The Bertz CT molecular complexity index is 318. The van der Waals surface area contributed by atoms with Crippen LogP contribution in [0.3, 0.4) is 0 Å². The Morgan fingerprint density at radius 3 is 2.81 bits per heavy atom. The number of halogens is 1. The summed E-state index contributed by atoms with van der Waals surface area (Å²) in [7, 11) is 1.58. The molecule has 1 aliphatic rings. The zero-order chi connectivity index (χ0) is 14.8. The first-order chi connectivity index (χ1) is 9.69. The number of nitrogens with one attached hydrogen (secondary N) is 1.